The maximum atomic E-state index is 10.5. The van der Waals surface area contributed by atoms with Crippen LogP contribution in [0.25, 0.3) is 0 Å². The first-order valence-electron chi connectivity index (χ1n) is 7.24. The van der Waals surface area contributed by atoms with E-state index in [4.69, 9.17) is 4.74 Å². The third-order valence-corrected chi connectivity index (χ3v) is 4.91. The highest BCUT2D eigenvalue weighted by atomic mass is 79.9. The summed E-state index contributed by atoms with van der Waals surface area (Å²) in [6, 6.07) is 14.5. The second kappa shape index (κ2) is 6.20. The van der Waals surface area contributed by atoms with Crippen LogP contribution in [0.1, 0.15) is 16.7 Å². The van der Waals surface area contributed by atoms with E-state index in [0.29, 0.717) is 12.3 Å². The van der Waals surface area contributed by atoms with Crippen LogP contribution in [0, 0.1) is 5.92 Å². The van der Waals surface area contributed by atoms with Crippen molar-refractivity contribution in [3.05, 3.63) is 63.6 Å². The van der Waals surface area contributed by atoms with Gasteiger partial charge in [0.15, 0.2) is 0 Å². The predicted molar refractivity (Wildman–Crippen MR) is 87.7 cm³/mol. The van der Waals surface area contributed by atoms with Crippen molar-refractivity contribution in [3.8, 4) is 5.75 Å². The van der Waals surface area contributed by atoms with E-state index in [1.54, 1.807) is 7.11 Å². The van der Waals surface area contributed by atoms with Gasteiger partial charge >= 0.3 is 0 Å². The van der Waals surface area contributed by atoms with E-state index in [-0.39, 0.29) is 6.10 Å². The number of aliphatic hydroxyl groups excluding tert-OH is 1. The molecule has 1 N–H and O–H groups in total. The molecule has 3 rings (SSSR count). The molecule has 0 amide bonds. The number of rotatable bonds is 4. The molecule has 0 heterocycles. The minimum atomic E-state index is -0.308. The van der Waals surface area contributed by atoms with Crippen molar-refractivity contribution in [3.63, 3.8) is 0 Å². The highest BCUT2D eigenvalue weighted by molar-refractivity contribution is 9.10. The average molecular weight is 347 g/mol. The zero-order valence-electron chi connectivity index (χ0n) is 12.1. The standard InChI is InChI=1S/C18H19BrO2/c1-21-18-7-6-12(8-16(18)19)9-17(20)15-10-13-4-2-3-5-14(13)11-15/h2-8,15,17,20H,9-11H2,1H3. The van der Waals surface area contributed by atoms with Crippen molar-refractivity contribution < 1.29 is 9.84 Å². The predicted octanol–water partition coefficient (Wildman–Crippen LogP) is 3.78. The number of halogens is 1. The van der Waals surface area contributed by atoms with Crippen LogP contribution < -0.4 is 4.74 Å². The van der Waals surface area contributed by atoms with Gasteiger partial charge in [-0.25, -0.2) is 0 Å². The quantitative estimate of drug-likeness (QED) is 0.912. The molecule has 1 unspecified atom stereocenters. The Morgan fingerprint density at radius 2 is 1.86 bits per heavy atom. The highest BCUT2D eigenvalue weighted by Crippen LogP contribution is 2.31. The lowest BCUT2D eigenvalue weighted by molar-refractivity contribution is 0.113. The summed E-state index contributed by atoms with van der Waals surface area (Å²) >= 11 is 3.50. The van der Waals surface area contributed by atoms with E-state index in [1.165, 1.54) is 11.1 Å². The lowest BCUT2D eigenvalue weighted by Gasteiger charge is -2.18. The highest BCUT2D eigenvalue weighted by Gasteiger charge is 2.27. The minimum absolute atomic E-state index is 0.308. The molecule has 0 spiro atoms. The molecule has 0 fully saturated rings. The summed E-state index contributed by atoms with van der Waals surface area (Å²) in [6.07, 6.45) is 2.34. The van der Waals surface area contributed by atoms with Gasteiger partial charge in [0.2, 0.25) is 0 Å². The van der Waals surface area contributed by atoms with Crippen LogP contribution in [0.2, 0.25) is 0 Å². The monoisotopic (exact) mass is 346 g/mol. The van der Waals surface area contributed by atoms with Gasteiger partial charge < -0.3 is 9.84 Å². The first-order valence-corrected chi connectivity index (χ1v) is 8.04. The molecule has 0 radical (unpaired) electrons. The third kappa shape index (κ3) is 3.14. The van der Waals surface area contributed by atoms with Crippen LogP contribution in [0.5, 0.6) is 5.75 Å². The van der Waals surface area contributed by atoms with Crippen LogP contribution in [0.15, 0.2) is 46.9 Å². The van der Waals surface area contributed by atoms with Crippen molar-refractivity contribution >= 4 is 15.9 Å². The zero-order chi connectivity index (χ0) is 14.8. The molecule has 110 valence electrons. The maximum Gasteiger partial charge on any atom is 0.133 e. The van der Waals surface area contributed by atoms with Crippen LogP contribution in [-0.2, 0) is 19.3 Å². The topological polar surface area (TPSA) is 29.5 Å². The van der Waals surface area contributed by atoms with Crippen LogP contribution >= 0.6 is 15.9 Å². The Balaban J connectivity index is 1.68. The molecule has 0 aromatic heterocycles. The fraction of sp³-hybridized carbons (Fsp3) is 0.333. The molecular formula is C18H19BrO2. The first-order chi connectivity index (χ1) is 10.2. The summed E-state index contributed by atoms with van der Waals surface area (Å²) in [5.41, 5.74) is 3.90. The van der Waals surface area contributed by atoms with Crippen molar-refractivity contribution in [2.24, 2.45) is 5.92 Å². The van der Waals surface area contributed by atoms with Crippen LogP contribution in [0.3, 0.4) is 0 Å². The molecule has 0 saturated heterocycles. The zero-order valence-corrected chi connectivity index (χ0v) is 13.6. The van der Waals surface area contributed by atoms with Gasteiger partial charge in [-0.05, 0) is 69.9 Å². The molecule has 0 saturated carbocycles. The molecule has 2 aromatic carbocycles. The van der Waals surface area contributed by atoms with Gasteiger partial charge in [0.25, 0.3) is 0 Å². The van der Waals surface area contributed by atoms with Gasteiger partial charge in [0.1, 0.15) is 5.75 Å². The number of aliphatic hydroxyl groups is 1. The average Bonchev–Trinajstić information content (AvgIpc) is 2.91. The Kier molecular flexibility index (Phi) is 4.32. The molecule has 1 atom stereocenters. The van der Waals surface area contributed by atoms with E-state index in [2.05, 4.69) is 40.2 Å². The van der Waals surface area contributed by atoms with Gasteiger partial charge in [-0.2, -0.15) is 0 Å². The van der Waals surface area contributed by atoms with E-state index in [1.807, 2.05) is 18.2 Å². The molecule has 2 nitrogen and oxygen atoms in total. The van der Waals surface area contributed by atoms with Crippen LogP contribution in [-0.4, -0.2) is 18.3 Å². The molecule has 1 aliphatic carbocycles. The Bertz CT molecular complexity index is 614. The first kappa shape index (κ1) is 14.6. The normalized spacial score (nSPS) is 15.8. The van der Waals surface area contributed by atoms with E-state index < -0.39 is 0 Å². The van der Waals surface area contributed by atoms with Gasteiger partial charge in [0, 0.05) is 0 Å². The molecular weight excluding hydrogens is 328 g/mol. The largest absolute Gasteiger partial charge is 0.496 e. The SMILES string of the molecule is COc1ccc(CC(O)C2Cc3ccccc3C2)cc1Br. The van der Waals surface area contributed by atoms with E-state index >= 15 is 0 Å². The molecule has 0 aliphatic heterocycles. The number of benzene rings is 2. The van der Waals surface area contributed by atoms with E-state index in [0.717, 1.165) is 28.6 Å². The van der Waals surface area contributed by atoms with Crippen molar-refractivity contribution in [1.82, 2.24) is 0 Å². The lowest BCUT2D eigenvalue weighted by atomic mass is 9.93. The van der Waals surface area contributed by atoms with Gasteiger partial charge in [-0.1, -0.05) is 30.3 Å². The molecule has 0 bridgehead atoms. The summed E-state index contributed by atoms with van der Waals surface area (Å²) in [6.45, 7) is 0. The van der Waals surface area contributed by atoms with Crippen LogP contribution in [0.4, 0.5) is 0 Å². The Morgan fingerprint density at radius 3 is 2.43 bits per heavy atom. The van der Waals surface area contributed by atoms with Gasteiger partial charge in [-0.3, -0.25) is 0 Å². The number of hydrogen-bond acceptors (Lipinski definition) is 2. The number of hydrogen-bond donors (Lipinski definition) is 1. The molecule has 2 aromatic rings. The van der Waals surface area contributed by atoms with Crippen molar-refractivity contribution in [2.75, 3.05) is 7.11 Å². The van der Waals surface area contributed by atoms with E-state index in [9.17, 15) is 5.11 Å². The number of methoxy groups -OCH3 is 1. The van der Waals surface area contributed by atoms with Gasteiger partial charge in [0.05, 0.1) is 17.7 Å². The molecule has 21 heavy (non-hydrogen) atoms. The number of fused-ring (bicyclic) bond motifs is 1. The van der Waals surface area contributed by atoms with Crippen molar-refractivity contribution in [1.29, 1.82) is 0 Å². The molecule has 3 heteroatoms. The second-order valence-electron chi connectivity index (χ2n) is 5.68. The summed E-state index contributed by atoms with van der Waals surface area (Å²) in [5.74, 6) is 1.14. The Labute approximate surface area is 133 Å². The maximum absolute atomic E-state index is 10.5. The fourth-order valence-electron chi connectivity index (χ4n) is 3.11. The summed E-state index contributed by atoms with van der Waals surface area (Å²) in [5, 5.41) is 10.5. The number of ether oxygens (including phenoxy) is 1. The summed E-state index contributed by atoms with van der Waals surface area (Å²) in [4.78, 5) is 0. The minimum Gasteiger partial charge on any atom is -0.496 e. The molecule has 1 aliphatic rings. The lowest BCUT2D eigenvalue weighted by Crippen LogP contribution is -2.23. The van der Waals surface area contributed by atoms with Gasteiger partial charge in [-0.15, -0.1) is 0 Å². The Morgan fingerprint density at radius 1 is 1.19 bits per heavy atom. The third-order valence-electron chi connectivity index (χ3n) is 4.29. The second-order valence-corrected chi connectivity index (χ2v) is 6.53. The fourth-order valence-corrected chi connectivity index (χ4v) is 3.70. The summed E-state index contributed by atoms with van der Waals surface area (Å²) in [7, 11) is 1.66. The smallest absolute Gasteiger partial charge is 0.133 e. The summed E-state index contributed by atoms with van der Waals surface area (Å²) < 4.78 is 6.17. The van der Waals surface area contributed by atoms with Crippen molar-refractivity contribution in [2.45, 2.75) is 25.4 Å². The Hall–Kier alpha value is -1.32.